The van der Waals surface area contributed by atoms with Gasteiger partial charge in [0.15, 0.2) is 11.2 Å². The summed E-state index contributed by atoms with van der Waals surface area (Å²) in [6.45, 7) is 1.58. The number of nitrogens with one attached hydrogen (secondary N) is 1. The summed E-state index contributed by atoms with van der Waals surface area (Å²) < 4.78 is 0. The van der Waals surface area contributed by atoms with Crippen molar-refractivity contribution < 1.29 is 19.2 Å². The maximum atomic E-state index is 13.1. The first-order valence-electron chi connectivity index (χ1n) is 7.87. The van der Waals surface area contributed by atoms with Crippen LogP contribution in [0.2, 0.25) is 0 Å². The van der Waals surface area contributed by atoms with Gasteiger partial charge in [-0.3, -0.25) is 19.7 Å². The van der Waals surface area contributed by atoms with Crippen LogP contribution >= 0.6 is 0 Å². The van der Waals surface area contributed by atoms with Crippen LogP contribution in [0.4, 0.5) is 10.5 Å². The summed E-state index contributed by atoms with van der Waals surface area (Å²) in [7, 11) is 0. The van der Waals surface area contributed by atoms with E-state index in [-0.39, 0.29) is 12.0 Å². The molecular weight excluding hydrogens is 320 g/mol. The topological polar surface area (TPSA) is 83.6 Å². The van der Waals surface area contributed by atoms with Crippen LogP contribution in [0.3, 0.4) is 0 Å². The molecule has 126 valence electrons. The smallest absolute Gasteiger partial charge is 0.292 e. The summed E-state index contributed by atoms with van der Waals surface area (Å²) in [5.41, 5.74) is -1.42. The number of amides is 4. The fourth-order valence-corrected chi connectivity index (χ4v) is 2.96. The summed E-state index contributed by atoms with van der Waals surface area (Å²) in [6, 6.07) is 15.5. The molecule has 6 nitrogen and oxygen atoms in total. The number of barbiturate groups is 1. The van der Waals surface area contributed by atoms with Gasteiger partial charge in [0.25, 0.3) is 11.8 Å². The molecule has 0 aliphatic carbocycles. The number of imide groups is 2. The maximum Gasteiger partial charge on any atom is 0.335 e. The van der Waals surface area contributed by atoms with Gasteiger partial charge in [-0.2, -0.15) is 0 Å². The number of para-hydroxylation sites is 1. The van der Waals surface area contributed by atoms with Crippen LogP contribution in [-0.4, -0.2) is 23.6 Å². The van der Waals surface area contributed by atoms with Crippen LogP contribution in [0, 0.1) is 5.41 Å². The predicted octanol–water partition coefficient (Wildman–Crippen LogP) is 2.55. The van der Waals surface area contributed by atoms with Crippen LogP contribution in [0.5, 0.6) is 0 Å². The number of carbonyl (C=O) groups is 4. The predicted molar refractivity (Wildman–Crippen MR) is 91.0 cm³/mol. The molecule has 25 heavy (non-hydrogen) atoms. The molecule has 2 aromatic carbocycles. The van der Waals surface area contributed by atoms with E-state index in [2.05, 4.69) is 5.32 Å². The molecule has 0 radical (unpaired) electrons. The van der Waals surface area contributed by atoms with E-state index in [9.17, 15) is 19.2 Å². The lowest BCUT2D eigenvalue weighted by Gasteiger charge is -2.37. The Morgan fingerprint density at radius 3 is 2.08 bits per heavy atom. The van der Waals surface area contributed by atoms with Crippen molar-refractivity contribution in [1.29, 1.82) is 0 Å². The SMILES string of the molecule is CC[C@@]1(C(=O)c2ccccc2)C(=O)NC(=O)N(c2ccccc2)C1=O. The van der Waals surface area contributed by atoms with Gasteiger partial charge in [-0.05, 0) is 18.6 Å². The molecule has 4 amide bonds. The van der Waals surface area contributed by atoms with Crippen molar-refractivity contribution in [1.82, 2.24) is 5.32 Å². The number of Topliss-reactive ketones (excluding diaryl/α,β-unsaturated/α-hetero) is 1. The first-order chi connectivity index (χ1) is 12.0. The Labute approximate surface area is 144 Å². The first kappa shape index (κ1) is 16.6. The molecule has 1 N–H and O–H groups in total. The van der Waals surface area contributed by atoms with E-state index in [0.29, 0.717) is 5.69 Å². The highest BCUT2D eigenvalue weighted by molar-refractivity contribution is 6.39. The minimum atomic E-state index is -1.97. The van der Waals surface area contributed by atoms with Crippen molar-refractivity contribution in [3.8, 4) is 0 Å². The van der Waals surface area contributed by atoms with E-state index < -0.39 is 29.0 Å². The van der Waals surface area contributed by atoms with Crippen molar-refractivity contribution >= 4 is 29.3 Å². The summed E-state index contributed by atoms with van der Waals surface area (Å²) in [5, 5.41) is 2.16. The zero-order valence-electron chi connectivity index (χ0n) is 13.6. The van der Waals surface area contributed by atoms with Crippen LogP contribution in [0.1, 0.15) is 23.7 Å². The lowest BCUT2D eigenvalue weighted by atomic mass is 9.74. The van der Waals surface area contributed by atoms with Gasteiger partial charge in [0.05, 0.1) is 5.69 Å². The van der Waals surface area contributed by atoms with Crippen molar-refractivity contribution in [3.05, 3.63) is 66.2 Å². The number of benzene rings is 2. The molecule has 1 atom stereocenters. The normalized spacial score (nSPS) is 20.4. The lowest BCUT2D eigenvalue weighted by Crippen LogP contribution is -2.66. The number of hydrogen-bond donors (Lipinski definition) is 1. The van der Waals surface area contributed by atoms with Crippen molar-refractivity contribution in [2.75, 3.05) is 4.90 Å². The molecule has 1 fully saturated rings. The van der Waals surface area contributed by atoms with Crippen LogP contribution in [-0.2, 0) is 9.59 Å². The average molecular weight is 336 g/mol. The standard InChI is InChI=1S/C19H16N2O4/c1-2-19(15(22)13-9-5-3-6-10-13)16(23)20-18(25)21(17(19)24)14-11-7-4-8-12-14/h3-12H,2H2,1H3,(H,20,23,25)/t19-/m1/s1. The zero-order valence-corrected chi connectivity index (χ0v) is 13.6. The largest absolute Gasteiger partial charge is 0.335 e. The van der Waals surface area contributed by atoms with Crippen LogP contribution in [0.15, 0.2) is 60.7 Å². The van der Waals surface area contributed by atoms with Crippen molar-refractivity contribution in [3.63, 3.8) is 0 Å². The number of ketones is 1. The molecule has 6 heteroatoms. The van der Waals surface area contributed by atoms with Gasteiger partial charge < -0.3 is 0 Å². The molecular formula is C19H16N2O4. The molecule has 1 saturated heterocycles. The molecule has 1 heterocycles. The molecule has 3 rings (SSSR count). The lowest BCUT2D eigenvalue weighted by molar-refractivity contribution is -0.139. The van der Waals surface area contributed by atoms with E-state index in [1.807, 2.05) is 0 Å². The Kier molecular flexibility index (Phi) is 4.19. The van der Waals surface area contributed by atoms with E-state index in [4.69, 9.17) is 0 Å². The van der Waals surface area contributed by atoms with Crippen LogP contribution < -0.4 is 10.2 Å². The summed E-state index contributed by atoms with van der Waals surface area (Å²) in [4.78, 5) is 51.8. The Morgan fingerprint density at radius 2 is 1.52 bits per heavy atom. The fourth-order valence-electron chi connectivity index (χ4n) is 2.96. The molecule has 2 aromatic rings. The second-order valence-electron chi connectivity index (χ2n) is 5.69. The fraction of sp³-hybridized carbons (Fsp3) is 0.158. The minimum absolute atomic E-state index is 0.0536. The summed E-state index contributed by atoms with van der Waals surface area (Å²) in [6.07, 6.45) is -0.0536. The monoisotopic (exact) mass is 336 g/mol. The van der Waals surface area contributed by atoms with Gasteiger partial charge in [0.1, 0.15) is 0 Å². The second-order valence-corrected chi connectivity index (χ2v) is 5.69. The summed E-state index contributed by atoms with van der Waals surface area (Å²) in [5.74, 6) is -2.33. The number of rotatable bonds is 4. The van der Waals surface area contributed by atoms with E-state index >= 15 is 0 Å². The van der Waals surface area contributed by atoms with E-state index in [1.54, 1.807) is 67.6 Å². The highest BCUT2D eigenvalue weighted by Gasteiger charge is 2.58. The molecule has 0 aromatic heterocycles. The quantitative estimate of drug-likeness (QED) is 0.687. The molecule has 0 bridgehead atoms. The van der Waals surface area contributed by atoms with Gasteiger partial charge in [-0.1, -0.05) is 55.5 Å². The molecule has 1 aliphatic rings. The first-order valence-corrected chi connectivity index (χ1v) is 7.87. The van der Waals surface area contributed by atoms with Gasteiger partial charge in [-0.25, -0.2) is 9.69 Å². The molecule has 0 saturated carbocycles. The average Bonchev–Trinajstić information content (AvgIpc) is 2.63. The van der Waals surface area contributed by atoms with E-state index in [1.165, 1.54) is 0 Å². The highest BCUT2D eigenvalue weighted by Crippen LogP contribution is 2.35. The third-order valence-electron chi connectivity index (χ3n) is 4.35. The number of carbonyl (C=O) groups excluding carboxylic acids is 4. The Balaban J connectivity index is 2.12. The Morgan fingerprint density at radius 1 is 0.960 bits per heavy atom. The van der Waals surface area contributed by atoms with Crippen molar-refractivity contribution in [2.24, 2.45) is 5.41 Å². The Bertz CT molecular complexity index is 848. The second kappa shape index (κ2) is 6.32. The third kappa shape index (κ3) is 2.52. The molecule has 0 unspecified atom stereocenters. The number of nitrogens with zero attached hydrogens (tertiary/aromatic N) is 1. The number of anilines is 1. The van der Waals surface area contributed by atoms with Crippen LogP contribution in [0.25, 0.3) is 0 Å². The van der Waals surface area contributed by atoms with Gasteiger partial charge >= 0.3 is 6.03 Å². The molecule has 0 spiro atoms. The maximum absolute atomic E-state index is 13.1. The summed E-state index contributed by atoms with van der Waals surface area (Å²) >= 11 is 0. The van der Waals surface area contributed by atoms with E-state index in [0.717, 1.165) is 4.90 Å². The number of urea groups is 1. The zero-order chi connectivity index (χ0) is 18.0. The van der Waals surface area contributed by atoms with Gasteiger partial charge in [0, 0.05) is 5.56 Å². The Hall–Kier alpha value is -3.28. The number of hydrogen-bond acceptors (Lipinski definition) is 4. The van der Waals surface area contributed by atoms with Gasteiger partial charge in [0.2, 0.25) is 0 Å². The molecule has 1 aliphatic heterocycles. The van der Waals surface area contributed by atoms with Gasteiger partial charge in [-0.15, -0.1) is 0 Å². The third-order valence-corrected chi connectivity index (χ3v) is 4.35. The van der Waals surface area contributed by atoms with Crippen molar-refractivity contribution in [2.45, 2.75) is 13.3 Å². The highest BCUT2D eigenvalue weighted by atomic mass is 16.2. The minimum Gasteiger partial charge on any atom is -0.292 e.